The first-order valence-electron chi connectivity index (χ1n) is 9.47. The zero-order valence-corrected chi connectivity index (χ0v) is 15.9. The first kappa shape index (κ1) is 19.4. The van der Waals surface area contributed by atoms with Crippen LogP contribution in [0.1, 0.15) is 37.8 Å². The van der Waals surface area contributed by atoms with Crippen molar-refractivity contribution in [2.24, 2.45) is 5.41 Å². The van der Waals surface area contributed by atoms with Crippen LogP contribution in [0.5, 0.6) is 0 Å². The number of piperidine rings is 1. The first-order valence-corrected chi connectivity index (χ1v) is 9.47. The molecule has 7 heteroatoms. The van der Waals surface area contributed by atoms with Crippen LogP contribution in [0.15, 0.2) is 30.3 Å². The number of amides is 3. The van der Waals surface area contributed by atoms with Crippen molar-refractivity contribution in [3.05, 3.63) is 35.9 Å². The van der Waals surface area contributed by atoms with Gasteiger partial charge >= 0.3 is 0 Å². The Labute approximate surface area is 159 Å². The maximum absolute atomic E-state index is 13.1. The van der Waals surface area contributed by atoms with E-state index in [-0.39, 0.29) is 24.3 Å². The van der Waals surface area contributed by atoms with Crippen molar-refractivity contribution >= 4 is 17.7 Å². The molecule has 2 fully saturated rings. The number of carbonyl (C=O) groups excluding carboxylic acids is 3. The van der Waals surface area contributed by atoms with Gasteiger partial charge in [0.15, 0.2) is 6.10 Å². The number of nitrogens with one attached hydrogen (secondary N) is 2. The van der Waals surface area contributed by atoms with Gasteiger partial charge in [0.2, 0.25) is 11.8 Å². The number of rotatable bonds is 4. The molecule has 0 spiro atoms. The van der Waals surface area contributed by atoms with Crippen LogP contribution >= 0.6 is 0 Å². The third-order valence-electron chi connectivity index (χ3n) is 5.83. The van der Waals surface area contributed by atoms with Crippen molar-refractivity contribution in [1.82, 2.24) is 15.5 Å². The van der Waals surface area contributed by atoms with Gasteiger partial charge in [-0.15, -0.1) is 0 Å². The van der Waals surface area contributed by atoms with Gasteiger partial charge in [0, 0.05) is 20.1 Å². The number of hydrogen-bond acceptors (Lipinski definition) is 4. The summed E-state index contributed by atoms with van der Waals surface area (Å²) in [7, 11) is 1.65. The van der Waals surface area contributed by atoms with E-state index in [1.807, 2.05) is 37.3 Å². The highest BCUT2D eigenvalue weighted by atomic mass is 16.5. The predicted octanol–water partition coefficient (Wildman–Crippen LogP) is 1.01. The summed E-state index contributed by atoms with van der Waals surface area (Å²) in [6, 6.07) is 8.89. The smallest absolute Gasteiger partial charge is 0.254 e. The maximum Gasteiger partial charge on any atom is 0.254 e. The van der Waals surface area contributed by atoms with Crippen molar-refractivity contribution in [3.8, 4) is 0 Å². The van der Waals surface area contributed by atoms with E-state index in [1.54, 1.807) is 11.9 Å². The Kier molecular flexibility index (Phi) is 5.79. The molecule has 1 aromatic carbocycles. The van der Waals surface area contributed by atoms with Crippen LogP contribution in [0, 0.1) is 5.41 Å². The van der Waals surface area contributed by atoms with Crippen molar-refractivity contribution in [2.45, 2.75) is 38.3 Å². The van der Waals surface area contributed by atoms with Crippen molar-refractivity contribution in [3.63, 3.8) is 0 Å². The van der Waals surface area contributed by atoms with Crippen molar-refractivity contribution < 1.29 is 19.1 Å². The van der Waals surface area contributed by atoms with Gasteiger partial charge in [0.05, 0.1) is 11.5 Å². The molecule has 2 atom stereocenters. The number of nitrogens with zero attached hydrogens (tertiary/aromatic N) is 1. The first-order chi connectivity index (χ1) is 13.0. The molecule has 3 rings (SSSR count). The molecule has 0 radical (unpaired) electrons. The van der Waals surface area contributed by atoms with Gasteiger partial charge in [-0.3, -0.25) is 14.4 Å². The topological polar surface area (TPSA) is 87.7 Å². The van der Waals surface area contributed by atoms with E-state index in [0.717, 1.165) is 12.0 Å². The van der Waals surface area contributed by atoms with Crippen LogP contribution in [0.3, 0.4) is 0 Å². The van der Waals surface area contributed by atoms with E-state index in [0.29, 0.717) is 25.9 Å². The van der Waals surface area contributed by atoms with Crippen LogP contribution in [0.25, 0.3) is 0 Å². The highest BCUT2D eigenvalue weighted by Gasteiger charge is 2.43. The molecule has 0 unspecified atom stereocenters. The summed E-state index contributed by atoms with van der Waals surface area (Å²) in [6.45, 7) is 2.91. The molecule has 0 aliphatic carbocycles. The zero-order valence-electron chi connectivity index (χ0n) is 15.9. The summed E-state index contributed by atoms with van der Waals surface area (Å²) < 4.78 is 5.64. The fourth-order valence-corrected chi connectivity index (χ4v) is 4.03. The molecule has 1 aromatic rings. The second kappa shape index (κ2) is 8.08. The van der Waals surface area contributed by atoms with E-state index in [1.165, 1.54) is 0 Å². The van der Waals surface area contributed by atoms with Gasteiger partial charge in [0.25, 0.3) is 5.91 Å². The second-order valence-corrected chi connectivity index (χ2v) is 7.23. The number of likely N-dealkylation sites (tertiary alicyclic amines) is 1. The molecule has 2 aliphatic heterocycles. The summed E-state index contributed by atoms with van der Waals surface area (Å²) >= 11 is 0. The van der Waals surface area contributed by atoms with Gasteiger partial charge in [-0.2, -0.15) is 0 Å². The zero-order chi connectivity index (χ0) is 19.4. The second-order valence-electron chi connectivity index (χ2n) is 7.23. The Bertz CT molecular complexity index is 698. The third kappa shape index (κ3) is 3.83. The molecule has 0 saturated carbocycles. The lowest BCUT2D eigenvalue weighted by Crippen LogP contribution is -2.56. The van der Waals surface area contributed by atoms with Gasteiger partial charge in [-0.05, 0) is 24.8 Å². The number of ether oxygens (including phenoxy) is 1. The fourth-order valence-electron chi connectivity index (χ4n) is 4.03. The van der Waals surface area contributed by atoms with E-state index in [9.17, 15) is 14.4 Å². The Hall–Kier alpha value is -2.41. The highest BCUT2D eigenvalue weighted by Crippen LogP contribution is 2.36. The van der Waals surface area contributed by atoms with E-state index in [4.69, 9.17) is 4.74 Å². The van der Waals surface area contributed by atoms with Gasteiger partial charge in [-0.25, -0.2) is 0 Å². The van der Waals surface area contributed by atoms with Crippen molar-refractivity contribution in [2.75, 3.05) is 26.7 Å². The van der Waals surface area contributed by atoms with E-state index in [2.05, 4.69) is 10.6 Å². The molecule has 3 amide bonds. The molecule has 0 aromatic heterocycles. The van der Waals surface area contributed by atoms with Gasteiger partial charge in [-0.1, -0.05) is 37.3 Å². The summed E-state index contributed by atoms with van der Waals surface area (Å²) in [4.78, 5) is 39.0. The molecular formula is C20H27N3O4. The van der Waals surface area contributed by atoms with Gasteiger partial charge in [0.1, 0.15) is 6.61 Å². The fraction of sp³-hybridized carbons (Fsp3) is 0.550. The Morgan fingerprint density at radius 2 is 1.93 bits per heavy atom. The van der Waals surface area contributed by atoms with Crippen LogP contribution in [-0.4, -0.2) is 55.5 Å². The average Bonchev–Trinajstić information content (AvgIpc) is 2.73. The number of hydrogen-bond donors (Lipinski definition) is 2. The lowest BCUT2D eigenvalue weighted by atomic mass is 9.75. The minimum absolute atomic E-state index is 0.0421. The highest BCUT2D eigenvalue weighted by molar-refractivity contribution is 5.87. The molecule has 2 aliphatic rings. The summed E-state index contributed by atoms with van der Waals surface area (Å²) in [5, 5.41) is 5.63. The van der Waals surface area contributed by atoms with Crippen LogP contribution in [0.4, 0.5) is 0 Å². The Balaban J connectivity index is 1.73. The number of carbonyl (C=O) groups is 3. The molecule has 0 bridgehead atoms. The van der Waals surface area contributed by atoms with E-state index >= 15 is 0 Å². The largest absolute Gasteiger partial charge is 0.359 e. The minimum atomic E-state index is -0.751. The number of benzene rings is 1. The lowest BCUT2D eigenvalue weighted by Gasteiger charge is -2.42. The molecule has 2 heterocycles. The molecule has 27 heavy (non-hydrogen) atoms. The summed E-state index contributed by atoms with van der Waals surface area (Å²) in [5.74, 6) is -0.318. The molecule has 2 saturated heterocycles. The molecule has 7 nitrogen and oxygen atoms in total. The Morgan fingerprint density at radius 1 is 1.26 bits per heavy atom. The van der Waals surface area contributed by atoms with Crippen LogP contribution < -0.4 is 10.6 Å². The summed E-state index contributed by atoms with van der Waals surface area (Å²) in [6.07, 6.45) is 1.25. The van der Waals surface area contributed by atoms with Crippen LogP contribution in [0.2, 0.25) is 0 Å². The standard InChI is InChI=1S/C20H27N3O4/c1-3-20(19(26)21-2)9-11-23(12-10-20)18(25)17-16(22-15(24)13-27-17)14-7-5-4-6-8-14/h4-8,16-17H,3,9-13H2,1-2H3,(H,21,26)(H,22,24)/t16-,17+/m1/s1. The summed E-state index contributed by atoms with van der Waals surface area (Å²) in [5.41, 5.74) is 0.431. The monoisotopic (exact) mass is 373 g/mol. The average molecular weight is 373 g/mol. The molecule has 2 N–H and O–H groups in total. The normalized spacial score (nSPS) is 24.8. The van der Waals surface area contributed by atoms with Crippen molar-refractivity contribution in [1.29, 1.82) is 0 Å². The predicted molar refractivity (Wildman–Crippen MR) is 99.7 cm³/mol. The molecule has 146 valence electrons. The quantitative estimate of drug-likeness (QED) is 0.825. The number of morpholine rings is 1. The Morgan fingerprint density at radius 3 is 2.52 bits per heavy atom. The SMILES string of the molecule is CCC1(C(=O)NC)CCN(C(=O)[C@H]2OCC(=O)N[C@@H]2c2ccccc2)CC1. The molecular weight excluding hydrogens is 346 g/mol. The van der Waals surface area contributed by atoms with Crippen LogP contribution in [-0.2, 0) is 19.1 Å². The van der Waals surface area contributed by atoms with Gasteiger partial charge < -0.3 is 20.3 Å². The third-order valence-corrected chi connectivity index (χ3v) is 5.83. The lowest BCUT2D eigenvalue weighted by molar-refractivity contribution is -0.158. The maximum atomic E-state index is 13.1. The van der Waals surface area contributed by atoms with E-state index < -0.39 is 17.6 Å². The minimum Gasteiger partial charge on any atom is -0.359 e.